The van der Waals surface area contributed by atoms with E-state index in [-0.39, 0.29) is 12.5 Å². The van der Waals surface area contributed by atoms with E-state index in [1.165, 1.54) is 13.3 Å². The molecule has 0 saturated carbocycles. The molecule has 0 bridgehead atoms. The van der Waals surface area contributed by atoms with Crippen LogP contribution in [0, 0.1) is 0 Å². The maximum atomic E-state index is 12.0. The Labute approximate surface area is 160 Å². The summed E-state index contributed by atoms with van der Waals surface area (Å²) in [6.45, 7) is -0.249. The fourth-order valence-corrected chi connectivity index (χ4v) is 2.12. The lowest BCUT2D eigenvalue weighted by Crippen LogP contribution is -2.35. The van der Waals surface area contributed by atoms with Crippen molar-refractivity contribution in [2.75, 3.05) is 19.0 Å². The minimum atomic E-state index is -0.897. The van der Waals surface area contributed by atoms with E-state index >= 15 is 0 Å². The number of carbonyl (C=O) groups is 3. The maximum Gasteiger partial charge on any atom is 0.329 e. The van der Waals surface area contributed by atoms with E-state index < -0.39 is 11.8 Å². The Morgan fingerprint density at radius 2 is 1.78 bits per heavy atom. The van der Waals surface area contributed by atoms with Crippen molar-refractivity contribution in [2.45, 2.75) is 0 Å². The number of halogens is 1. The third-order valence-electron chi connectivity index (χ3n) is 3.23. The summed E-state index contributed by atoms with van der Waals surface area (Å²) in [5.41, 5.74) is 3.08. The van der Waals surface area contributed by atoms with Gasteiger partial charge in [0, 0.05) is 12.6 Å². The summed E-state index contributed by atoms with van der Waals surface area (Å²) in [6.07, 6.45) is 1.31. The molecule has 3 amide bonds. The molecule has 9 heteroatoms. The fourth-order valence-electron chi connectivity index (χ4n) is 1.94. The number of likely N-dealkylation sites (N-methyl/N-ethyl adjacent to an activating group) is 1. The van der Waals surface area contributed by atoms with Crippen molar-refractivity contribution >= 4 is 41.2 Å². The molecule has 0 aliphatic rings. The van der Waals surface area contributed by atoms with Gasteiger partial charge in [0.2, 0.25) is 0 Å². The lowest BCUT2D eigenvalue weighted by Gasteiger charge is -2.10. The predicted octanol–water partition coefficient (Wildman–Crippen LogP) is 1.55. The molecule has 2 aromatic rings. The van der Waals surface area contributed by atoms with Crippen LogP contribution in [0.5, 0.6) is 5.75 Å². The first-order valence-corrected chi connectivity index (χ1v) is 8.20. The van der Waals surface area contributed by atoms with Crippen molar-refractivity contribution in [2.24, 2.45) is 5.10 Å². The van der Waals surface area contributed by atoms with Gasteiger partial charge < -0.3 is 15.4 Å². The number of hydrazone groups is 1. The number of benzene rings is 2. The Hall–Kier alpha value is -3.39. The van der Waals surface area contributed by atoms with E-state index in [0.717, 1.165) is 0 Å². The van der Waals surface area contributed by atoms with Gasteiger partial charge in [0.05, 0.1) is 16.9 Å². The highest BCUT2D eigenvalue weighted by Gasteiger charge is 2.10. The zero-order chi connectivity index (χ0) is 19.6. The van der Waals surface area contributed by atoms with Crippen molar-refractivity contribution in [3.63, 3.8) is 0 Å². The predicted molar refractivity (Wildman–Crippen MR) is 102 cm³/mol. The zero-order valence-corrected chi connectivity index (χ0v) is 15.1. The Morgan fingerprint density at radius 3 is 2.52 bits per heavy atom. The number of hydrogen-bond donors (Lipinski definition) is 3. The molecule has 0 aliphatic carbocycles. The van der Waals surface area contributed by atoms with Crippen LogP contribution in [0.4, 0.5) is 5.69 Å². The molecule has 0 fully saturated rings. The van der Waals surface area contributed by atoms with Gasteiger partial charge in [-0.2, -0.15) is 5.10 Å². The molecule has 0 saturated heterocycles. The highest BCUT2D eigenvalue weighted by Crippen LogP contribution is 2.20. The molecule has 0 heterocycles. The molecule has 0 aliphatic heterocycles. The molecule has 0 spiro atoms. The van der Waals surface area contributed by atoms with Crippen LogP contribution < -0.4 is 20.8 Å². The summed E-state index contributed by atoms with van der Waals surface area (Å²) in [7, 11) is 1.34. The van der Waals surface area contributed by atoms with Crippen LogP contribution in [-0.2, 0) is 14.4 Å². The number of anilines is 1. The van der Waals surface area contributed by atoms with Gasteiger partial charge in [0.15, 0.2) is 6.61 Å². The Morgan fingerprint density at radius 1 is 1.07 bits per heavy atom. The van der Waals surface area contributed by atoms with Crippen LogP contribution in [0.1, 0.15) is 5.56 Å². The van der Waals surface area contributed by atoms with E-state index in [9.17, 15) is 14.4 Å². The summed E-state index contributed by atoms with van der Waals surface area (Å²) in [4.78, 5) is 34.5. The number of para-hydroxylation sites is 2. The second-order valence-corrected chi connectivity index (χ2v) is 5.54. The largest absolute Gasteiger partial charge is 0.483 e. The summed E-state index contributed by atoms with van der Waals surface area (Å²) >= 11 is 5.99. The highest BCUT2D eigenvalue weighted by atomic mass is 35.5. The average molecular weight is 389 g/mol. The molecule has 0 aromatic heterocycles. The first-order chi connectivity index (χ1) is 13.0. The van der Waals surface area contributed by atoms with Crippen molar-refractivity contribution in [1.29, 1.82) is 0 Å². The van der Waals surface area contributed by atoms with Gasteiger partial charge in [-0.25, -0.2) is 5.43 Å². The second kappa shape index (κ2) is 9.93. The van der Waals surface area contributed by atoms with E-state index in [0.29, 0.717) is 22.0 Å². The number of nitrogens with one attached hydrogen (secondary N) is 3. The number of amides is 3. The molecule has 3 N–H and O–H groups in total. The minimum Gasteiger partial charge on any atom is -0.483 e. The molecule has 8 nitrogen and oxygen atoms in total. The summed E-state index contributed by atoms with van der Waals surface area (Å²) in [6, 6.07) is 13.6. The Kier molecular flexibility index (Phi) is 7.33. The molecule has 27 heavy (non-hydrogen) atoms. The van der Waals surface area contributed by atoms with Crippen LogP contribution in [-0.4, -0.2) is 37.6 Å². The van der Waals surface area contributed by atoms with Crippen LogP contribution in [0.25, 0.3) is 0 Å². The lowest BCUT2D eigenvalue weighted by molar-refractivity contribution is -0.138. The molecule has 0 unspecified atom stereocenters. The van der Waals surface area contributed by atoms with Gasteiger partial charge in [-0.3, -0.25) is 14.4 Å². The van der Waals surface area contributed by atoms with Gasteiger partial charge in [0.1, 0.15) is 5.75 Å². The Bertz CT molecular complexity index is 870. The number of nitrogens with zero attached hydrogens (tertiary/aromatic N) is 1. The highest BCUT2D eigenvalue weighted by molar-refractivity contribution is 6.35. The van der Waals surface area contributed by atoms with Gasteiger partial charge in [-0.05, 0) is 24.3 Å². The van der Waals surface area contributed by atoms with E-state index in [2.05, 4.69) is 21.2 Å². The van der Waals surface area contributed by atoms with Crippen LogP contribution >= 0.6 is 11.6 Å². The van der Waals surface area contributed by atoms with Crippen LogP contribution in [0.2, 0.25) is 5.02 Å². The zero-order valence-electron chi connectivity index (χ0n) is 14.4. The fraction of sp³-hybridized carbons (Fsp3) is 0.111. The third-order valence-corrected chi connectivity index (χ3v) is 3.56. The van der Waals surface area contributed by atoms with Crippen molar-refractivity contribution in [3.8, 4) is 5.75 Å². The second-order valence-electron chi connectivity index (χ2n) is 5.13. The summed E-state index contributed by atoms with van der Waals surface area (Å²) < 4.78 is 5.50. The maximum absolute atomic E-state index is 12.0. The van der Waals surface area contributed by atoms with Crippen LogP contribution in [0.15, 0.2) is 53.6 Å². The summed E-state index contributed by atoms with van der Waals surface area (Å²) in [5, 5.41) is 8.94. The van der Waals surface area contributed by atoms with E-state index in [4.69, 9.17) is 16.3 Å². The van der Waals surface area contributed by atoms with Crippen molar-refractivity contribution in [3.05, 3.63) is 59.1 Å². The standard InChI is InChI=1S/C18H17ClN4O4/c1-20-17(25)18(26)23-21-10-12-6-2-5-9-15(12)27-11-16(24)22-14-8-4-3-7-13(14)19/h2-10H,11H2,1H3,(H,20,25)(H,22,24)(H,23,26)/b21-10-. The van der Waals surface area contributed by atoms with E-state index in [1.807, 2.05) is 0 Å². The van der Waals surface area contributed by atoms with Crippen molar-refractivity contribution < 1.29 is 19.1 Å². The number of carbonyl (C=O) groups excluding carboxylic acids is 3. The lowest BCUT2D eigenvalue weighted by atomic mass is 10.2. The Balaban J connectivity index is 1.95. The van der Waals surface area contributed by atoms with Gasteiger partial charge in [-0.1, -0.05) is 35.9 Å². The first kappa shape index (κ1) is 19.9. The molecular weight excluding hydrogens is 372 g/mol. The first-order valence-electron chi connectivity index (χ1n) is 7.82. The van der Waals surface area contributed by atoms with Gasteiger partial charge >= 0.3 is 11.8 Å². The molecule has 140 valence electrons. The third kappa shape index (κ3) is 6.12. The topological polar surface area (TPSA) is 109 Å². The smallest absolute Gasteiger partial charge is 0.329 e. The molecule has 0 radical (unpaired) electrons. The van der Waals surface area contributed by atoms with Gasteiger partial charge in [0.25, 0.3) is 5.91 Å². The molecular formula is C18H17ClN4O4. The van der Waals surface area contributed by atoms with E-state index in [1.54, 1.807) is 48.5 Å². The number of hydrogen-bond acceptors (Lipinski definition) is 5. The van der Waals surface area contributed by atoms with Crippen molar-refractivity contribution in [1.82, 2.24) is 10.7 Å². The van der Waals surface area contributed by atoms with Crippen LogP contribution in [0.3, 0.4) is 0 Å². The number of ether oxygens (including phenoxy) is 1. The monoisotopic (exact) mass is 388 g/mol. The molecule has 0 atom stereocenters. The van der Waals surface area contributed by atoms with Gasteiger partial charge in [-0.15, -0.1) is 0 Å². The average Bonchev–Trinajstić information content (AvgIpc) is 2.68. The summed E-state index contributed by atoms with van der Waals surface area (Å²) in [5.74, 6) is -1.72. The quantitative estimate of drug-likeness (QED) is 0.396. The molecule has 2 aromatic carbocycles. The SMILES string of the molecule is CNC(=O)C(=O)N/N=C\c1ccccc1OCC(=O)Nc1ccccc1Cl. The molecule has 2 rings (SSSR count). The minimum absolute atomic E-state index is 0.249. The normalized spacial score (nSPS) is 10.3. The number of rotatable bonds is 6.